The summed E-state index contributed by atoms with van der Waals surface area (Å²) in [4.78, 5) is 11.0. The van der Waals surface area contributed by atoms with Gasteiger partial charge in [0.15, 0.2) is 0 Å². The molecule has 1 aliphatic carbocycles. The zero-order valence-electron chi connectivity index (χ0n) is 11.5. The van der Waals surface area contributed by atoms with E-state index in [2.05, 4.69) is 6.07 Å². The molecule has 1 aliphatic rings. The van der Waals surface area contributed by atoms with Crippen molar-refractivity contribution in [1.82, 2.24) is 0 Å². The molecule has 19 heavy (non-hydrogen) atoms. The summed E-state index contributed by atoms with van der Waals surface area (Å²) < 4.78 is 5.39. The maximum atomic E-state index is 11.0. The van der Waals surface area contributed by atoms with Gasteiger partial charge in [0.1, 0.15) is 5.75 Å². The van der Waals surface area contributed by atoms with Crippen LogP contribution in [-0.4, -0.2) is 18.2 Å². The van der Waals surface area contributed by atoms with Crippen LogP contribution in [0.15, 0.2) is 24.3 Å². The number of ether oxygens (including phenoxy) is 1. The van der Waals surface area contributed by atoms with E-state index >= 15 is 0 Å². The van der Waals surface area contributed by atoms with E-state index in [1.807, 2.05) is 18.2 Å². The third-order valence-electron chi connectivity index (χ3n) is 4.18. The minimum Gasteiger partial charge on any atom is -0.496 e. The minimum absolute atomic E-state index is 0.305. The van der Waals surface area contributed by atoms with Crippen molar-refractivity contribution in [2.45, 2.75) is 38.5 Å². The molecule has 0 aromatic heterocycles. The van der Waals surface area contributed by atoms with Gasteiger partial charge in [-0.2, -0.15) is 0 Å². The smallest absolute Gasteiger partial charge is 0.303 e. The van der Waals surface area contributed by atoms with Gasteiger partial charge in [-0.1, -0.05) is 31.0 Å². The fraction of sp³-hybridized carbons (Fsp3) is 0.562. The van der Waals surface area contributed by atoms with Gasteiger partial charge in [-0.05, 0) is 42.7 Å². The van der Waals surface area contributed by atoms with Crippen molar-refractivity contribution >= 4 is 5.97 Å². The van der Waals surface area contributed by atoms with Crippen LogP contribution in [0.2, 0.25) is 0 Å². The van der Waals surface area contributed by atoms with Crippen LogP contribution in [0.3, 0.4) is 0 Å². The van der Waals surface area contributed by atoms with Gasteiger partial charge in [-0.3, -0.25) is 4.79 Å². The summed E-state index contributed by atoms with van der Waals surface area (Å²) >= 11 is 0. The molecule has 1 N–H and O–H groups in total. The summed E-state index contributed by atoms with van der Waals surface area (Å²) in [7, 11) is 1.69. The number of carboxylic acids is 1. The Morgan fingerprint density at radius 2 is 1.95 bits per heavy atom. The lowest BCUT2D eigenvalue weighted by Gasteiger charge is -2.31. The lowest BCUT2D eigenvalue weighted by Crippen LogP contribution is -2.24. The Balaban J connectivity index is 2.08. The minimum atomic E-state index is -0.670. The first-order chi connectivity index (χ1) is 9.20. The zero-order chi connectivity index (χ0) is 13.7. The van der Waals surface area contributed by atoms with Crippen LogP contribution in [0.25, 0.3) is 0 Å². The van der Waals surface area contributed by atoms with Crippen molar-refractivity contribution in [3.05, 3.63) is 29.8 Å². The molecule has 0 radical (unpaired) electrons. The lowest BCUT2D eigenvalue weighted by atomic mass is 9.74. The van der Waals surface area contributed by atoms with Crippen molar-refractivity contribution < 1.29 is 14.6 Å². The molecule has 1 aromatic rings. The number of hydrogen-bond acceptors (Lipinski definition) is 2. The van der Waals surface area contributed by atoms with Crippen LogP contribution in [0.5, 0.6) is 5.75 Å². The average Bonchev–Trinajstić information content (AvgIpc) is 2.41. The molecular weight excluding hydrogens is 240 g/mol. The first-order valence-corrected chi connectivity index (χ1v) is 7.04. The molecule has 1 fully saturated rings. The SMILES string of the molecule is COc1ccccc1CC1CCCCC1CC(=O)O. The van der Waals surface area contributed by atoms with E-state index in [0.717, 1.165) is 25.0 Å². The molecule has 0 aliphatic heterocycles. The number of carbonyl (C=O) groups is 1. The van der Waals surface area contributed by atoms with Gasteiger partial charge >= 0.3 is 5.97 Å². The maximum absolute atomic E-state index is 11.0. The largest absolute Gasteiger partial charge is 0.496 e. The van der Waals surface area contributed by atoms with Crippen molar-refractivity contribution in [3.63, 3.8) is 0 Å². The normalized spacial score (nSPS) is 23.0. The predicted octanol–water partition coefficient (Wildman–Crippen LogP) is 3.52. The van der Waals surface area contributed by atoms with Crippen LogP contribution < -0.4 is 4.74 Å². The second-order valence-corrected chi connectivity index (χ2v) is 5.42. The number of carboxylic acid groups (broad SMARTS) is 1. The summed E-state index contributed by atoms with van der Waals surface area (Å²) in [6.45, 7) is 0. The first-order valence-electron chi connectivity index (χ1n) is 7.04. The molecule has 1 saturated carbocycles. The van der Waals surface area contributed by atoms with E-state index in [-0.39, 0.29) is 0 Å². The van der Waals surface area contributed by atoms with E-state index in [4.69, 9.17) is 9.84 Å². The molecule has 3 heteroatoms. The highest BCUT2D eigenvalue weighted by atomic mass is 16.5. The Labute approximate surface area is 114 Å². The highest BCUT2D eigenvalue weighted by Gasteiger charge is 2.27. The summed E-state index contributed by atoms with van der Waals surface area (Å²) in [5, 5.41) is 9.03. The number of hydrogen-bond donors (Lipinski definition) is 1. The van der Waals surface area contributed by atoms with Crippen LogP contribution in [0.1, 0.15) is 37.7 Å². The highest BCUT2D eigenvalue weighted by molar-refractivity contribution is 5.67. The molecule has 2 atom stereocenters. The predicted molar refractivity (Wildman–Crippen MR) is 74.4 cm³/mol. The number of para-hydroxylation sites is 1. The molecule has 0 amide bonds. The Morgan fingerprint density at radius 1 is 1.26 bits per heavy atom. The van der Waals surface area contributed by atoms with Crippen LogP contribution in [0, 0.1) is 11.8 Å². The standard InChI is InChI=1S/C16H22O3/c1-19-15-9-5-4-8-14(15)10-12-6-2-3-7-13(12)11-16(17)18/h4-5,8-9,12-13H,2-3,6-7,10-11H2,1H3,(H,17,18). The first kappa shape index (κ1) is 13.9. The summed E-state index contributed by atoms with van der Waals surface area (Å²) in [6, 6.07) is 8.06. The Hall–Kier alpha value is -1.51. The topological polar surface area (TPSA) is 46.5 Å². The average molecular weight is 262 g/mol. The van der Waals surface area contributed by atoms with Crippen LogP contribution in [-0.2, 0) is 11.2 Å². The maximum Gasteiger partial charge on any atom is 0.303 e. The molecule has 2 rings (SSSR count). The third-order valence-corrected chi connectivity index (χ3v) is 4.18. The van der Waals surface area contributed by atoms with E-state index < -0.39 is 5.97 Å². The number of methoxy groups -OCH3 is 1. The van der Waals surface area contributed by atoms with E-state index in [0.29, 0.717) is 18.3 Å². The third kappa shape index (κ3) is 3.72. The van der Waals surface area contributed by atoms with Crippen LogP contribution >= 0.6 is 0 Å². The molecule has 0 spiro atoms. The Bertz CT molecular complexity index is 428. The number of rotatable bonds is 5. The van der Waals surface area contributed by atoms with Crippen LogP contribution in [0.4, 0.5) is 0 Å². The van der Waals surface area contributed by atoms with Gasteiger partial charge < -0.3 is 9.84 Å². The van der Waals surface area contributed by atoms with Crippen molar-refractivity contribution in [1.29, 1.82) is 0 Å². The molecule has 0 saturated heterocycles. The molecule has 0 heterocycles. The molecule has 0 bridgehead atoms. The summed E-state index contributed by atoms with van der Waals surface area (Å²) in [5.74, 6) is 1.04. The van der Waals surface area contributed by atoms with Gasteiger partial charge in [0.2, 0.25) is 0 Å². The monoisotopic (exact) mass is 262 g/mol. The zero-order valence-corrected chi connectivity index (χ0v) is 11.5. The lowest BCUT2D eigenvalue weighted by molar-refractivity contribution is -0.138. The van der Waals surface area contributed by atoms with Gasteiger partial charge in [0.05, 0.1) is 7.11 Å². The molecule has 3 nitrogen and oxygen atoms in total. The highest BCUT2D eigenvalue weighted by Crippen LogP contribution is 2.36. The van der Waals surface area contributed by atoms with E-state index in [1.165, 1.54) is 18.4 Å². The van der Waals surface area contributed by atoms with Gasteiger partial charge in [0.25, 0.3) is 0 Å². The molecule has 104 valence electrons. The van der Waals surface area contributed by atoms with Crippen molar-refractivity contribution in [3.8, 4) is 5.75 Å². The van der Waals surface area contributed by atoms with Gasteiger partial charge in [-0.25, -0.2) is 0 Å². The van der Waals surface area contributed by atoms with Gasteiger partial charge in [0, 0.05) is 6.42 Å². The quantitative estimate of drug-likeness (QED) is 0.883. The summed E-state index contributed by atoms with van der Waals surface area (Å²) in [6.07, 6.45) is 5.81. The van der Waals surface area contributed by atoms with Crippen molar-refractivity contribution in [2.24, 2.45) is 11.8 Å². The fourth-order valence-electron chi connectivity index (χ4n) is 3.20. The second kappa shape index (κ2) is 6.60. The number of benzene rings is 1. The second-order valence-electron chi connectivity index (χ2n) is 5.42. The molecule has 2 unspecified atom stereocenters. The van der Waals surface area contributed by atoms with E-state index in [9.17, 15) is 4.79 Å². The van der Waals surface area contributed by atoms with Crippen molar-refractivity contribution in [2.75, 3.05) is 7.11 Å². The molecule has 1 aromatic carbocycles. The summed E-state index contributed by atoms with van der Waals surface area (Å²) in [5.41, 5.74) is 1.20. The Kier molecular flexibility index (Phi) is 4.83. The molecular formula is C16H22O3. The fourth-order valence-corrected chi connectivity index (χ4v) is 3.20. The van der Waals surface area contributed by atoms with Gasteiger partial charge in [-0.15, -0.1) is 0 Å². The Morgan fingerprint density at radius 3 is 2.63 bits per heavy atom. The van der Waals surface area contributed by atoms with E-state index in [1.54, 1.807) is 7.11 Å². The number of aliphatic carboxylic acids is 1.